The smallest absolute Gasteiger partial charge is 0.337 e. The summed E-state index contributed by atoms with van der Waals surface area (Å²) in [4.78, 5) is 11.4. The molecule has 0 amide bonds. The molecular formula is C16H23NO2. The van der Waals surface area contributed by atoms with E-state index in [1.54, 1.807) is 0 Å². The zero-order valence-electron chi connectivity index (χ0n) is 12.0. The van der Waals surface area contributed by atoms with Crippen LogP contribution in [0.4, 0.5) is 5.69 Å². The van der Waals surface area contributed by atoms with Gasteiger partial charge >= 0.3 is 5.97 Å². The van der Waals surface area contributed by atoms with Crippen molar-refractivity contribution in [3.8, 4) is 0 Å². The van der Waals surface area contributed by atoms with Gasteiger partial charge in [-0.2, -0.15) is 0 Å². The Balaban J connectivity index is 1.98. The van der Waals surface area contributed by atoms with Crippen LogP contribution in [-0.4, -0.2) is 19.1 Å². The normalized spacial score (nSPS) is 21.7. The fourth-order valence-electron chi connectivity index (χ4n) is 2.88. The molecule has 0 aliphatic heterocycles. The van der Waals surface area contributed by atoms with Crippen LogP contribution < -0.4 is 5.32 Å². The van der Waals surface area contributed by atoms with Crippen LogP contribution in [0.3, 0.4) is 0 Å². The number of carbonyl (C=O) groups excluding carboxylic acids is 1. The molecule has 0 saturated heterocycles. The number of rotatable bonds is 3. The van der Waals surface area contributed by atoms with Gasteiger partial charge in [-0.3, -0.25) is 0 Å². The first-order valence-electron chi connectivity index (χ1n) is 6.95. The summed E-state index contributed by atoms with van der Waals surface area (Å²) >= 11 is 0. The summed E-state index contributed by atoms with van der Waals surface area (Å²) in [6, 6.07) is 8.05. The molecule has 1 saturated carbocycles. The lowest BCUT2D eigenvalue weighted by molar-refractivity contribution is 0.0601. The number of hydrogen-bond donors (Lipinski definition) is 1. The van der Waals surface area contributed by atoms with Crippen molar-refractivity contribution in [2.75, 3.05) is 12.4 Å². The molecule has 1 aliphatic carbocycles. The summed E-state index contributed by atoms with van der Waals surface area (Å²) in [7, 11) is 1.40. The van der Waals surface area contributed by atoms with Gasteiger partial charge in [0.2, 0.25) is 0 Å². The van der Waals surface area contributed by atoms with E-state index in [1.165, 1.54) is 32.8 Å². The SMILES string of the molecule is COC(=O)c1ccc(NC2CCCC(C)(C)C2)cc1. The number of hydrogen-bond acceptors (Lipinski definition) is 3. The van der Waals surface area contributed by atoms with Gasteiger partial charge in [0.1, 0.15) is 0 Å². The van der Waals surface area contributed by atoms with Gasteiger partial charge in [-0.15, -0.1) is 0 Å². The van der Waals surface area contributed by atoms with Gasteiger partial charge in [0.05, 0.1) is 12.7 Å². The predicted octanol–water partition coefficient (Wildman–Crippen LogP) is 3.85. The van der Waals surface area contributed by atoms with Crippen LogP contribution in [0, 0.1) is 5.41 Å². The number of esters is 1. The Bertz CT molecular complexity index is 437. The lowest BCUT2D eigenvalue weighted by Crippen LogP contribution is -2.31. The monoisotopic (exact) mass is 261 g/mol. The Hall–Kier alpha value is -1.51. The molecule has 104 valence electrons. The molecule has 19 heavy (non-hydrogen) atoms. The van der Waals surface area contributed by atoms with Crippen LogP contribution in [-0.2, 0) is 4.74 Å². The van der Waals surface area contributed by atoms with E-state index in [1.807, 2.05) is 24.3 Å². The van der Waals surface area contributed by atoms with Crippen molar-refractivity contribution in [2.45, 2.75) is 45.6 Å². The van der Waals surface area contributed by atoms with E-state index in [9.17, 15) is 4.79 Å². The minimum absolute atomic E-state index is 0.287. The zero-order valence-corrected chi connectivity index (χ0v) is 12.0. The Morgan fingerprint density at radius 3 is 2.58 bits per heavy atom. The lowest BCUT2D eigenvalue weighted by Gasteiger charge is -2.36. The molecule has 1 N–H and O–H groups in total. The van der Waals surface area contributed by atoms with E-state index in [0.717, 1.165) is 5.69 Å². The molecule has 3 heteroatoms. The fourth-order valence-corrected chi connectivity index (χ4v) is 2.88. The van der Waals surface area contributed by atoms with Crippen LogP contribution in [0.1, 0.15) is 49.9 Å². The number of carbonyl (C=O) groups is 1. The molecule has 1 unspecified atom stereocenters. The second-order valence-corrected chi connectivity index (χ2v) is 6.17. The molecular weight excluding hydrogens is 238 g/mol. The van der Waals surface area contributed by atoms with Crippen molar-refractivity contribution in [2.24, 2.45) is 5.41 Å². The van der Waals surface area contributed by atoms with Gasteiger partial charge in [0.25, 0.3) is 0 Å². The molecule has 0 radical (unpaired) electrons. The van der Waals surface area contributed by atoms with Gasteiger partial charge in [-0.1, -0.05) is 20.3 Å². The van der Waals surface area contributed by atoms with E-state index in [2.05, 4.69) is 19.2 Å². The van der Waals surface area contributed by atoms with E-state index in [0.29, 0.717) is 17.0 Å². The van der Waals surface area contributed by atoms with Crippen LogP contribution in [0.5, 0.6) is 0 Å². The summed E-state index contributed by atoms with van der Waals surface area (Å²) in [6.45, 7) is 4.67. The molecule has 0 heterocycles. The van der Waals surface area contributed by atoms with E-state index >= 15 is 0 Å². The standard InChI is InChI=1S/C16H23NO2/c1-16(2)10-4-5-14(11-16)17-13-8-6-12(7-9-13)15(18)19-3/h6-9,14,17H,4-5,10-11H2,1-3H3. The molecule has 1 fully saturated rings. The van der Waals surface area contributed by atoms with E-state index < -0.39 is 0 Å². The van der Waals surface area contributed by atoms with Crippen molar-refractivity contribution in [3.63, 3.8) is 0 Å². The number of nitrogens with one attached hydrogen (secondary N) is 1. The van der Waals surface area contributed by atoms with Crippen LogP contribution in [0.25, 0.3) is 0 Å². The number of methoxy groups -OCH3 is 1. The highest BCUT2D eigenvalue weighted by Gasteiger charge is 2.27. The lowest BCUT2D eigenvalue weighted by atomic mass is 9.75. The largest absolute Gasteiger partial charge is 0.465 e. The number of anilines is 1. The highest BCUT2D eigenvalue weighted by atomic mass is 16.5. The second-order valence-electron chi connectivity index (χ2n) is 6.17. The topological polar surface area (TPSA) is 38.3 Å². The van der Waals surface area contributed by atoms with E-state index in [4.69, 9.17) is 4.74 Å². The third-order valence-corrected chi connectivity index (χ3v) is 3.88. The molecule has 0 spiro atoms. The van der Waals surface area contributed by atoms with E-state index in [-0.39, 0.29) is 5.97 Å². The van der Waals surface area contributed by atoms with Crippen molar-refractivity contribution in [1.82, 2.24) is 0 Å². The van der Waals surface area contributed by atoms with Gasteiger partial charge in [-0.25, -0.2) is 4.79 Å². The molecule has 1 atom stereocenters. The van der Waals surface area contributed by atoms with Crippen molar-refractivity contribution in [3.05, 3.63) is 29.8 Å². The molecule has 3 nitrogen and oxygen atoms in total. The van der Waals surface area contributed by atoms with Crippen LogP contribution in [0.2, 0.25) is 0 Å². The second kappa shape index (κ2) is 5.64. The highest BCUT2D eigenvalue weighted by molar-refractivity contribution is 5.89. The summed E-state index contributed by atoms with van der Waals surface area (Å²) in [6.07, 6.45) is 5.02. The molecule has 1 aliphatic rings. The average Bonchev–Trinajstić information content (AvgIpc) is 2.37. The van der Waals surface area contributed by atoms with Crippen LogP contribution in [0.15, 0.2) is 24.3 Å². The molecule has 0 aromatic heterocycles. The van der Waals surface area contributed by atoms with Gasteiger partial charge in [-0.05, 0) is 48.9 Å². The first-order chi connectivity index (χ1) is 9.00. The highest BCUT2D eigenvalue weighted by Crippen LogP contribution is 2.36. The first kappa shape index (κ1) is 13.9. The predicted molar refractivity (Wildman–Crippen MR) is 77.4 cm³/mol. The molecule has 1 aromatic rings. The minimum atomic E-state index is -0.287. The third kappa shape index (κ3) is 3.72. The maximum atomic E-state index is 11.4. The average molecular weight is 261 g/mol. The Labute approximate surface area is 115 Å². The Morgan fingerprint density at radius 1 is 1.32 bits per heavy atom. The maximum absolute atomic E-state index is 11.4. The number of benzene rings is 1. The van der Waals surface area contributed by atoms with Crippen LogP contribution >= 0.6 is 0 Å². The number of ether oxygens (including phenoxy) is 1. The first-order valence-corrected chi connectivity index (χ1v) is 6.95. The fraction of sp³-hybridized carbons (Fsp3) is 0.562. The molecule has 0 bridgehead atoms. The quantitative estimate of drug-likeness (QED) is 0.840. The summed E-state index contributed by atoms with van der Waals surface area (Å²) in [5.74, 6) is -0.287. The van der Waals surface area contributed by atoms with Gasteiger partial charge in [0.15, 0.2) is 0 Å². The Morgan fingerprint density at radius 2 is 2.00 bits per heavy atom. The van der Waals surface area contributed by atoms with Crippen molar-refractivity contribution < 1.29 is 9.53 Å². The third-order valence-electron chi connectivity index (χ3n) is 3.88. The maximum Gasteiger partial charge on any atom is 0.337 e. The van der Waals surface area contributed by atoms with Crippen molar-refractivity contribution >= 4 is 11.7 Å². The minimum Gasteiger partial charge on any atom is -0.465 e. The molecule has 2 rings (SSSR count). The zero-order chi connectivity index (χ0) is 13.9. The summed E-state index contributed by atoms with van der Waals surface area (Å²) < 4.78 is 4.69. The summed E-state index contributed by atoms with van der Waals surface area (Å²) in [5, 5.41) is 3.57. The van der Waals surface area contributed by atoms with Crippen molar-refractivity contribution in [1.29, 1.82) is 0 Å². The Kier molecular flexibility index (Phi) is 4.13. The van der Waals surface area contributed by atoms with Gasteiger partial charge in [0, 0.05) is 11.7 Å². The van der Waals surface area contributed by atoms with Gasteiger partial charge < -0.3 is 10.1 Å². The summed E-state index contributed by atoms with van der Waals surface area (Å²) in [5.41, 5.74) is 2.11. The molecule has 1 aromatic carbocycles.